The lowest BCUT2D eigenvalue weighted by Crippen LogP contribution is -2.40. The fourth-order valence-corrected chi connectivity index (χ4v) is 4.19. The molecule has 144 valence electrons. The van der Waals surface area contributed by atoms with Crippen molar-refractivity contribution in [2.45, 2.75) is 4.90 Å². The van der Waals surface area contributed by atoms with E-state index in [9.17, 15) is 22.0 Å². The number of ether oxygens (including phenoxy) is 1. The molecule has 1 aliphatic heterocycles. The smallest absolute Gasteiger partial charge is 0.257 e. The third-order valence-corrected chi connectivity index (χ3v) is 6.19. The maximum Gasteiger partial charge on any atom is 0.257 e. The summed E-state index contributed by atoms with van der Waals surface area (Å²) in [5.41, 5.74) is -0.395. The minimum Gasteiger partial charge on any atom is -0.379 e. The molecule has 1 aliphatic rings. The number of amides is 1. The van der Waals surface area contributed by atoms with Crippen LogP contribution >= 0.6 is 11.6 Å². The minimum atomic E-state index is -3.83. The second-order valence-corrected chi connectivity index (χ2v) is 8.08. The lowest BCUT2D eigenvalue weighted by Gasteiger charge is -2.26. The number of morpholine rings is 1. The number of nitrogens with zero attached hydrogens (tertiary/aromatic N) is 1. The van der Waals surface area contributed by atoms with Gasteiger partial charge in [-0.05, 0) is 30.3 Å². The number of hydrogen-bond donors (Lipinski definition) is 1. The quantitative estimate of drug-likeness (QED) is 0.831. The number of benzene rings is 2. The van der Waals surface area contributed by atoms with Gasteiger partial charge in [-0.3, -0.25) is 4.79 Å². The Balaban J connectivity index is 1.89. The van der Waals surface area contributed by atoms with Gasteiger partial charge in [0.1, 0.15) is 11.6 Å². The van der Waals surface area contributed by atoms with Gasteiger partial charge >= 0.3 is 0 Å². The third kappa shape index (κ3) is 4.27. The van der Waals surface area contributed by atoms with Crippen molar-refractivity contribution in [1.82, 2.24) is 4.31 Å². The van der Waals surface area contributed by atoms with Crippen LogP contribution in [0, 0.1) is 11.6 Å². The summed E-state index contributed by atoms with van der Waals surface area (Å²) in [4.78, 5) is 12.3. The van der Waals surface area contributed by atoms with Crippen LogP contribution in [-0.4, -0.2) is 44.9 Å². The minimum absolute atomic E-state index is 0.00375. The molecule has 1 fully saturated rings. The molecule has 1 N–H and O–H groups in total. The first kappa shape index (κ1) is 19.7. The molecule has 10 heteroatoms. The van der Waals surface area contributed by atoms with E-state index >= 15 is 0 Å². The number of carbonyl (C=O) groups excluding carboxylic acids is 1. The maximum absolute atomic E-state index is 13.7. The fraction of sp³-hybridized carbons (Fsp3) is 0.235. The van der Waals surface area contributed by atoms with Gasteiger partial charge in [0.05, 0.1) is 34.4 Å². The first-order valence-corrected chi connectivity index (χ1v) is 9.75. The SMILES string of the molecule is O=C(Nc1ccc(F)cc1F)c1cc(S(=O)(=O)N2CCOCC2)ccc1Cl. The number of halogens is 3. The van der Waals surface area contributed by atoms with Crippen molar-refractivity contribution >= 4 is 33.2 Å². The normalized spacial score (nSPS) is 15.5. The van der Waals surface area contributed by atoms with E-state index in [1.807, 2.05) is 0 Å². The molecule has 27 heavy (non-hydrogen) atoms. The lowest BCUT2D eigenvalue weighted by atomic mass is 10.2. The number of anilines is 1. The van der Waals surface area contributed by atoms with E-state index in [0.29, 0.717) is 6.07 Å². The van der Waals surface area contributed by atoms with Crippen LogP contribution in [0.1, 0.15) is 10.4 Å². The molecular weight excluding hydrogens is 402 g/mol. The Bertz CT molecular complexity index is 979. The summed E-state index contributed by atoms with van der Waals surface area (Å²) in [7, 11) is -3.83. The molecule has 6 nitrogen and oxygen atoms in total. The van der Waals surface area contributed by atoms with Crippen molar-refractivity contribution in [3.8, 4) is 0 Å². The molecular formula is C17H15ClF2N2O4S. The average Bonchev–Trinajstić information content (AvgIpc) is 2.65. The highest BCUT2D eigenvalue weighted by Crippen LogP contribution is 2.25. The van der Waals surface area contributed by atoms with Crippen molar-refractivity contribution in [3.05, 3.63) is 58.6 Å². The summed E-state index contributed by atoms with van der Waals surface area (Å²) in [6, 6.07) is 6.37. The van der Waals surface area contributed by atoms with Crippen LogP contribution in [0.3, 0.4) is 0 Å². The molecule has 0 bridgehead atoms. The molecule has 0 radical (unpaired) electrons. The van der Waals surface area contributed by atoms with Crippen LogP contribution in [0.25, 0.3) is 0 Å². The molecule has 1 amide bonds. The highest BCUT2D eigenvalue weighted by Gasteiger charge is 2.27. The van der Waals surface area contributed by atoms with E-state index in [1.165, 1.54) is 16.4 Å². The monoisotopic (exact) mass is 416 g/mol. The van der Waals surface area contributed by atoms with Gasteiger partial charge in [0, 0.05) is 19.2 Å². The van der Waals surface area contributed by atoms with Crippen LogP contribution in [0.15, 0.2) is 41.3 Å². The number of hydrogen-bond acceptors (Lipinski definition) is 4. The average molecular weight is 417 g/mol. The van der Waals surface area contributed by atoms with Gasteiger partial charge < -0.3 is 10.1 Å². The van der Waals surface area contributed by atoms with Gasteiger partial charge in [0.25, 0.3) is 5.91 Å². The molecule has 0 atom stereocenters. The lowest BCUT2D eigenvalue weighted by molar-refractivity contribution is 0.0730. The summed E-state index contributed by atoms with van der Waals surface area (Å²) in [6.45, 7) is 0.967. The van der Waals surface area contributed by atoms with E-state index in [-0.39, 0.29) is 47.5 Å². The summed E-state index contributed by atoms with van der Waals surface area (Å²) in [5.74, 6) is -2.57. The first-order valence-electron chi connectivity index (χ1n) is 7.93. The van der Waals surface area contributed by atoms with Gasteiger partial charge in [-0.2, -0.15) is 4.31 Å². The van der Waals surface area contributed by atoms with Gasteiger partial charge in [-0.15, -0.1) is 0 Å². The van der Waals surface area contributed by atoms with Crippen molar-refractivity contribution in [1.29, 1.82) is 0 Å². The summed E-state index contributed by atoms with van der Waals surface area (Å²) < 4.78 is 58.5. The largest absolute Gasteiger partial charge is 0.379 e. The number of carbonyl (C=O) groups is 1. The second-order valence-electron chi connectivity index (χ2n) is 5.74. The van der Waals surface area contributed by atoms with E-state index in [1.54, 1.807) is 0 Å². The molecule has 3 rings (SSSR count). The van der Waals surface area contributed by atoms with Crippen LogP contribution in [0.4, 0.5) is 14.5 Å². The molecule has 2 aromatic rings. The predicted octanol–water partition coefficient (Wildman–Crippen LogP) is 2.89. The van der Waals surface area contributed by atoms with Crippen molar-refractivity contribution in [3.63, 3.8) is 0 Å². The maximum atomic E-state index is 13.7. The van der Waals surface area contributed by atoms with Crippen LogP contribution in [-0.2, 0) is 14.8 Å². The fourth-order valence-electron chi connectivity index (χ4n) is 2.56. The Kier molecular flexibility index (Phi) is 5.75. The Labute approximate surface area is 159 Å². The Morgan fingerprint density at radius 1 is 1.11 bits per heavy atom. The Morgan fingerprint density at radius 2 is 1.81 bits per heavy atom. The molecule has 0 aliphatic carbocycles. The molecule has 1 saturated heterocycles. The van der Waals surface area contributed by atoms with Crippen molar-refractivity contribution in [2.75, 3.05) is 31.6 Å². The van der Waals surface area contributed by atoms with Gasteiger partial charge in [-0.1, -0.05) is 11.6 Å². The predicted molar refractivity (Wildman–Crippen MR) is 95.3 cm³/mol. The first-order chi connectivity index (χ1) is 12.8. The Morgan fingerprint density at radius 3 is 2.48 bits per heavy atom. The zero-order chi connectivity index (χ0) is 19.6. The van der Waals surface area contributed by atoms with Gasteiger partial charge in [0.15, 0.2) is 0 Å². The van der Waals surface area contributed by atoms with E-state index in [0.717, 1.165) is 18.2 Å². The number of nitrogens with one attached hydrogen (secondary N) is 1. The number of rotatable bonds is 4. The molecule has 0 spiro atoms. The summed E-state index contributed by atoms with van der Waals surface area (Å²) in [6.07, 6.45) is 0. The zero-order valence-corrected chi connectivity index (χ0v) is 15.5. The van der Waals surface area contributed by atoms with Gasteiger partial charge in [-0.25, -0.2) is 17.2 Å². The third-order valence-electron chi connectivity index (χ3n) is 3.97. The topological polar surface area (TPSA) is 75.7 Å². The zero-order valence-electron chi connectivity index (χ0n) is 13.9. The van der Waals surface area contributed by atoms with E-state index in [4.69, 9.17) is 16.3 Å². The molecule has 2 aromatic carbocycles. The van der Waals surface area contributed by atoms with E-state index < -0.39 is 27.6 Å². The second kappa shape index (κ2) is 7.89. The molecule has 0 aromatic heterocycles. The van der Waals surface area contributed by atoms with Crippen molar-refractivity contribution in [2.24, 2.45) is 0 Å². The molecule has 0 saturated carbocycles. The van der Waals surface area contributed by atoms with Crippen LogP contribution < -0.4 is 5.32 Å². The van der Waals surface area contributed by atoms with E-state index in [2.05, 4.69) is 5.32 Å². The van der Waals surface area contributed by atoms with Crippen LogP contribution in [0.2, 0.25) is 5.02 Å². The van der Waals surface area contributed by atoms with Gasteiger partial charge in [0.2, 0.25) is 10.0 Å². The molecule has 0 unspecified atom stereocenters. The summed E-state index contributed by atoms with van der Waals surface area (Å²) >= 11 is 6.02. The summed E-state index contributed by atoms with van der Waals surface area (Å²) in [5, 5.41) is 2.26. The number of sulfonamides is 1. The highest BCUT2D eigenvalue weighted by atomic mass is 35.5. The molecule has 1 heterocycles. The Hall–Kier alpha value is -2.07. The standard InChI is InChI=1S/C17H15ClF2N2O4S/c18-14-3-2-12(27(24,25)22-5-7-26-8-6-22)10-13(14)17(23)21-16-4-1-11(19)9-15(16)20/h1-4,9-10H,5-8H2,(H,21,23). The van der Waals surface area contributed by atoms with Crippen LogP contribution in [0.5, 0.6) is 0 Å². The van der Waals surface area contributed by atoms with Crippen molar-refractivity contribution < 1.29 is 26.7 Å². The highest BCUT2D eigenvalue weighted by molar-refractivity contribution is 7.89.